The van der Waals surface area contributed by atoms with Crippen LogP contribution in [0.4, 0.5) is 35.0 Å². The lowest BCUT2D eigenvalue weighted by Gasteiger charge is -2.38. The standard InChI is InChI=1S/C63H74ClN11O7.C2HF3O2/c1-10-29-82-38-45-30-47(69-59(77)55(18-13-27-68-63(67)81)70-60(78)58(66)39(2)3)21-19-44(45)37-75(8,9)28-14-17-49-31-42-15-11-12-16-43(42)36-73(49)61(79)52-26-20-46(64)32-54(52)57-34-53(40(4)72(57)7)62(80)74(48-22-24-51(76)25-23-48)56-33-50(35-65)71(6)41(56)5;3-2(4,5)1(6)7/h1,11-12,15-16,19-26,30,32-34,39,49,55,58H,13-14,17-18,27-29,31,36-38,66H2,2-9H3,(H5-,67,68,69,70,76,77,78,81);(H,6,7)/t49-,55?,58?;/m1./s1. The molecule has 6 aromatic rings. The number of amides is 6. The molecule has 7 rings (SSSR count). The number of halogens is 4. The number of nitrogens with two attached hydrogens (primary N) is 2. The summed E-state index contributed by atoms with van der Waals surface area (Å²) >= 11 is 6.77. The number of aliphatic carboxylic acids is 1. The van der Waals surface area contributed by atoms with Crippen molar-refractivity contribution in [3.63, 3.8) is 0 Å². The molecule has 0 spiro atoms. The molecule has 472 valence electrons. The van der Waals surface area contributed by atoms with Crippen LogP contribution < -0.4 is 37.4 Å². The third-order valence-electron chi connectivity index (χ3n) is 15.7. The molecular weight excluding hydrogens is 1170 g/mol. The molecule has 0 aliphatic carbocycles. The summed E-state index contributed by atoms with van der Waals surface area (Å²) in [5.41, 5.74) is 20.6. The van der Waals surface area contributed by atoms with E-state index in [1.54, 1.807) is 59.0 Å². The van der Waals surface area contributed by atoms with Crippen molar-refractivity contribution in [1.29, 1.82) is 5.26 Å². The zero-order valence-electron chi connectivity index (χ0n) is 51.0. The van der Waals surface area contributed by atoms with E-state index >= 15 is 9.59 Å². The first kappa shape index (κ1) is 69.0. The average Bonchev–Trinajstić information content (AvgIpc) is 1.73. The number of hydrogen-bond donors (Lipinski definition) is 6. The Kier molecular flexibility index (Phi) is 23.4. The van der Waals surface area contributed by atoms with E-state index in [0.29, 0.717) is 98.4 Å². The van der Waals surface area contributed by atoms with E-state index in [-0.39, 0.29) is 55.7 Å². The SMILES string of the molecule is C#CCOCc1cc(NC(=O)C(CCCNC(N)=O)NC(=O)C(N)C(C)C)ccc1C[N+](C)(C)CCC[C@@H]1Cc2ccccc2CN1C(=O)c1ccc(Cl)cc1-c1cc(C(=O)N(c2ccc(O)cc2)c2cc(C#N)n(C)c2C)c(C)n1C.O=C([O-])C(F)(F)F. The van der Waals surface area contributed by atoms with Crippen molar-refractivity contribution in [2.24, 2.45) is 31.5 Å². The molecule has 0 bridgehead atoms. The largest absolute Gasteiger partial charge is 0.542 e. The number of urea groups is 1. The topological polar surface area (TPSA) is 283 Å². The second-order valence-electron chi connectivity index (χ2n) is 22.8. The number of aromatic nitrogens is 2. The quantitative estimate of drug-likeness (QED) is 0.0205. The molecule has 0 saturated carbocycles. The predicted molar refractivity (Wildman–Crippen MR) is 330 cm³/mol. The number of aromatic hydroxyl groups is 1. The molecule has 0 fully saturated rings. The molecule has 8 N–H and O–H groups in total. The Morgan fingerprint density at radius 2 is 1.58 bits per heavy atom. The number of alkyl halides is 3. The van der Waals surface area contributed by atoms with E-state index in [1.165, 1.54) is 17.7 Å². The van der Waals surface area contributed by atoms with Crippen molar-refractivity contribution in [2.45, 2.75) is 104 Å². The number of quaternary nitrogens is 1. The van der Waals surface area contributed by atoms with Gasteiger partial charge in [0.05, 0.1) is 44.5 Å². The lowest BCUT2D eigenvalue weighted by Crippen LogP contribution is -2.51. The Morgan fingerprint density at radius 3 is 2.20 bits per heavy atom. The fourth-order valence-electron chi connectivity index (χ4n) is 10.5. The smallest absolute Gasteiger partial charge is 0.430 e. The Hall–Kier alpha value is -9.13. The maximum atomic E-state index is 15.4. The number of phenols is 1. The van der Waals surface area contributed by atoms with Crippen molar-refractivity contribution in [3.05, 3.63) is 153 Å². The number of nitriles is 1. The third kappa shape index (κ3) is 17.8. The third-order valence-corrected chi connectivity index (χ3v) is 16.0. The molecule has 3 heterocycles. The second-order valence-corrected chi connectivity index (χ2v) is 23.3. The second kappa shape index (κ2) is 30.2. The molecule has 3 atom stereocenters. The van der Waals surface area contributed by atoms with E-state index < -0.39 is 42.1 Å². The van der Waals surface area contributed by atoms with Gasteiger partial charge in [-0.15, -0.1) is 6.42 Å². The minimum Gasteiger partial charge on any atom is -0.542 e. The molecule has 4 aromatic carbocycles. The summed E-state index contributed by atoms with van der Waals surface area (Å²) in [6.45, 7) is 9.57. The van der Waals surface area contributed by atoms with Crippen LogP contribution in [0.5, 0.6) is 5.75 Å². The van der Waals surface area contributed by atoms with Gasteiger partial charge in [-0.2, -0.15) is 18.4 Å². The van der Waals surface area contributed by atoms with Gasteiger partial charge in [0.15, 0.2) is 0 Å². The summed E-state index contributed by atoms with van der Waals surface area (Å²) in [5, 5.41) is 37.6. The van der Waals surface area contributed by atoms with Crippen LogP contribution in [0.15, 0.2) is 97.1 Å². The highest BCUT2D eigenvalue weighted by atomic mass is 35.5. The molecule has 89 heavy (non-hydrogen) atoms. The molecule has 6 amide bonds. The number of fused-ring (bicyclic) bond motifs is 1. The first-order chi connectivity index (χ1) is 42.0. The van der Waals surface area contributed by atoms with Gasteiger partial charge >= 0.3 is 12.2 Å². The fraction of sp³-hybridized carbons (Fsp3) is 0.369. The number of ether oxygens (including phenoxy) is 1. The molecule has 24 heteroatoms. The fourth-order valence-corrected chi connectivity index (χ4v) is 10.7. The highest BCUT2D eigenvalue weighted by molar-refractivity contribution is 6.31. The van der Waals surface area contributed by atoms with Crippen LogP contribution in [0.1, 0.15) is 99.6 Å². The number of terminal acetylenes is 1. The number of nitrogens with one attached hydrogen (secondary N) is 3. The Morgan fingerprint density at radius 1 is 0.910 bits per heavy atom. The minimum absolute atomic E-state index is 0.0370. The molecule has 1 aliphatic rings. The number of primary amides is 1. The van der Waals surface area contributed by atoms with Gasteiger partial charge in [-0.3, -0.25) is 24.1 Å². The Bertz CT molecular complexity index is 3660. The van der Waals surface area contributed by atoms with Crippen LogP contribution in [0.3, 0.4) is 0 Å². The molecule has 0 saturated heterocycles. The number of rotatable bonds is 23. The number of carbonyl (C=O) groups excluding carboxylic acids is 6. The van der Waals surface area contributed by atoms with Gasteiger partial charge in [0.2, 0.25) is 11.8 Å². The maximum absolute atomic E-state index is 15.4. The van der Waals surface area contributed by atoms with Crippen LogP contribution in [0.2, 0.25) is 5.02 Å². The maximum Gasteiger partial charge on any atom is 0.430 e. The first-order valence-corrected chi connectivity index (χ1v) is 29.0. The van der Waals surface area contributed by atoms with E-state index in [9.17, 15) is 37.9 Å². The van der Waals surface area contributed by atoms with Gasteiger partial charge in [-0.25, -0.2) is 4.79 Å². The summed E-state index contributed by atoms with van der Waals surface area (Å²) in [4.78, 5) is 80.8. The van der Waals surface area contributed by atoms with E-state index in [1.807, 2.05) is 74.5 Å². The Labute approximate surface area is 520 Å². The predicted octanol–water partition coefficient (Wildman–Crippen LogP) is 7.78. The lowest BCUT2D eigenvalue weighted by molar-refractivity contribution is -0.903. The molecule has 0 radical (unpaired) electrons. The number of hydrogen-bond acceptors (Lipinski definition) is 11. The number of carbonyl (C=O) groups is 6. The molecule has 2 unspecified atom stereocenters. The van der Waals surface area contributed by atoms with Gasteiger partial charge in [0.1, 0.15) is 42.7 Å². The molecular formula is C65H75ClF3N11O9. The van der Waals surface area contributed by atoms with Crippen LogP contribution in [-0.4, -0.2) is 117 Å². The zero-order valence-corrected chi connectivity index (χ0v) is 51.7. The number of benzene rings is 4. The van der Waals surface area contributed by atoms with Crippen LogP contribution in [-0.2, 0) is 59.3 Å². The van der Waals surface area contributed by atoms with Crippen molar-refractivity contribution in [1.82, 2.24) is 24.7 Å². The summed E-state index contributed by atoms with van der Waals surface area (Å²) in [7, 11) is 7.92. The van der Waals surface area contributed by atoms with E-state index in [2.05, 4.69) is 54.2 Å². The molecule has 20 nitrogen and oxygen atoms in total. The highest BCUT2D eigenvalue weighted by Gasteiger charge is 2.35. The normalized spacial score (nSPS) is 13.6. The van der Waals surface area contributed by atoms with Crippen molar-refractivity contribution in [2.75, 3.05) is 44.0 Å². The van der Waals surface area contributed by atoms with Gasteiger partial charge in [-0.1, -0.05) is 61.7 Å². The number of nitrogens with zero attached hydrogens (tertiary/aromatic N) is 6. The van der Waals surface area contributed by atoms with Gasteiger partial charge in [-0.05, 0) is 135 Å². The van der Waals surface area contributed by atoms with E-state index in [4.69, 9.17) is 44.1 Å². The van der Waals surface area contributed by atoms with Crippen LogP contribution in [0.25, 0.3) is 11.3 Å². The number of phenolic OH excluding ortho intramolecular Hbond substituents is 1. The monoisotopic (exact) mass is 1250 g/mol. The van der Waals surface area contributed by atoms with Crippen molar-refractivity contribution < 1.29 is 61.4 Å². The highest BCUT2D eigenvalue weighted by Crippen LogP contribution is 2.38. The van der Waals surface area contributed by atoms with Crippen molar-refractivity contribution >= 4 is 64.3 Å². The first-order valence-electron chi connectivity index (χ1n) is 28.6. The van der Waals surface area contributed by atoms with Gasteiger partial charge < -0.3 is 65.7 Å². The summed E-state index contributed by atoms with van der Waals surface area (Å²) < 4.78 is 41.6. The molecule has 1 aliphatic heterocycles. The van der Waals surface area contributed by atoms with Crippen molar-refractivity contribution in [3.8, 4) is 35.4 Å². The van der Waals surface area contributed by atoms with E-state index in [0.717, 1.165) is 29.7 Å². The average molecular weight is 1250 g/mol. The van der Waals surface area contributed by atoms with Gasteiger partial charge in [0.25, 0.3) is 11.8 Å². The minimum atomic E-state index is -5.19. The lowest BCUT2D eigenvalue weighted by atomic mass is 9.90. The van der Waals surface area contributed by atoms with Crippen LogP contribution >= 0.6 is 11.6 Å². The zero-order chi connectivity index (χ0) is 65.7. The summed E-state index contributed by atoms with van der Waals surface area (Å²) in [5.74, 6) is -2.06. The summed E-state index contributed by atoms with van der Waals surface area (Å²) in [6.07, 6.45) is 3.09. The molecule has 2 aromatic heterocycles. The van der Waals surface area contributed by atoms with Gasteiger partial charge in [0, 0.05) is 83.4 Å². The number of carboxylic acid groups (broad SMARTS) is 1. The Balaban J connectivity index is 0.00000170. The number of anilines is 3. The van der Waals surface area contributed by atoms with Crippen LogP contribution in [0, 0.1) is 43.4 Å². The number of carboxylic acids is 1. The summed E-state index contributed by atoms with van der Waals surface area (Å²) in [6, 6.07) is 28.4.